The van der Waals surface area contributed by atoms with Crippen LogP contribution in [0, 0.1) is 5.92 Å². The van der Waals surface area contributed by atoms with E-state index in [1.807, 2.05) is 41.3 Å². The molecule has 1 aliphatic carbocycles. The summed E-state index contributed by atoms with van der Waals surface area (Å²) in [4.78, 5) is 20.7. The number of carbonyl (C=O) groups excluding carboxylic acids is 1. The molecular formula is C20H22N4O. The molecule has 128 valence electrons. The zero-order chi connectivity index (χ0) is 17.1. The number of hydrogen-bond donors (Lipinski definition) is 0. The molecule has 5 nitrogen and oxygen atoms in total. The van der Waals surface area contributed by atoms with Crippen molar-refractivity contribution >= 4 is 16.8 Å². The number of nitrogens with zero attached hydrogens (tertiary/aromatic N) is 4. The summed E-state index contributed by atoms with van der Waals surface area (Å²) in [6.45, 7) is 0.881. The van der Waals surface area contributed by atoms with Crippen molar-refractivity contribution in [2.45, 2.75) is 45.1 Å². The van der Waals surface area contributed by atoms with Crippen LogP contribution in [0.25, 0.3) is 22.3 Å². The molecule has 3 aromatic rings. The van der Waals surface area contributed by atoms with Gasteiger partial charge in [-0.05, 0) is 43.7 Å². The highest BCUT2D eigenvalue weighted by molar-refractivity contribution is 5.79. The van der Waals surface area contributed by atoms with E-state index in [0.29, 0.717) is 11.7 Å². The summed E-state index contributed by atoms with van der Waals surface area (Å²) >= 11 is 0. The van der Waals surface area contributed by atoms with E-state index in [-0.39, 0.29) is 0 Å². The molecule has 4 rings (SSSR count). The number of carbonyl (C=O) groups is 1. The van der Waals surface area contributed by atoms with Gasteiger partial charge in [0.05, 0.1) is 29.1 Å². The van der Waals surface area contributed by atoms with Crippen molar-refractivity contribution < 1.29 is 4.79 Å². The van der Waals surface area contributed by atoms with Crippen LogP contribution < -0.4 is 0 Å². The molecule has 1 aliphatic rings. The number of hydrogen-bond acceptors (Lipinski definition) is 4. The Labute approximate surface area is 147 Å². The summed E-state index contributed by atoms with van der Waals surface area (Å²) in [7, 11) is 0. The molecule has 0 N–H and O–H groups in total. The molecule has 5 heteroatoms. The number of Topliss-reactive ketones (excluding diaryl/α,β-unsaturated/α-hetero) is 1. The van der Waals surface area contributed by atoms with Crippen molar-refractivity contribution in [3.63, 3.8) is 0 Å². The predicted molar refractivity (Wildman–Crippen MR) is 97.0 cm³/mol. The molecule has 0 amide bonds. The van der Waals surface area contributed by atoms with Gasteiger partial charge in [0, 0.05) is 31.1 Å². The maximum absolute atomic E-state index is 11.5. The van der Waals surface area contributed by atoms with Crippen LogP contribution in [0.15, 0.2) is 42.9 Å². The second-order valence-electron chi connectivity index (χ2n) is 6.88. The molecule has 2 aromatic heterocycles. The highest BCUT2D eigenvalue weighted by Gasteiger charge is 2.18. The van der Waals surface area contributed by atoms with Gasteiger partial charge in [-0.2, -0.15) is 5.10 Å². The third-order valence-electron chi connectivity index (χ3n) is 4.96. The smallest absolute Gasteiger partial charge is 0.133 e. The Balaban J connectivity index is 1.38. The SMILES string of the molecule is O=C1CCCC(CCCn2cc(-c3cnc4ccccc4n3)cn2)C1. The second-order valence-corrected chi connectivity index (χ2v) is 6.88. The number of ketones is 1. The van der Waals surface area contributed by atoms with Gasteiger partial charge in [0.25, 0.3) is 0 Å². The minimum Gasteiger partial charge on any atom is -0.300 e. The van der Waals surface area contributed by atoms with Crippen molar-refractivity contribution in [1.82, 2.24) is 19.7 Å². The largest absolute Gasteiger partial charge is 0.300 e. The fourth-order valence-corrected chi connectivity index (χ4v) is 3.62. The van der Waals surface area contributed by atoms with Gasteiger partial charge in [-0.3, -0.25) is 14.5 Å². The normalized spacial score (nSPS) is 17.9. The lowest BCUT2D eigenvalue weighted by atomic mass is 9.85. The number of aryl methyl sites for hydroxylation is 1. The third kappa shape index (κ3) is 3.76. The molecular weight excluding hydrogens is 312 g/mol. The van der Waals surface area contributed by atoms with Gasteiger partial charge in [-0.15, -0.1) is 0 Å². The summed E-state index contributed by atoms with van der Waals surface area (Å²) in [5.41, 5.74) is 3.64. The molecule has 1 aromatic carbocycles. The molecule has 0 aliphatic heterocycles. The zero-order valence-electron chi connectivity index (χ0n) is 14.3. The molecule has 1 fully saturated rings. The van der Waals surface area contributed by atoms with Gasteiger partial charge < -0.3 is 0 Å². The Morgan fingerprint density at radius 2 is 2.04 bits per heavy atom. The molecule has 2 heterocycles. The molecule has 0 spiro atoms. The van der Waals surface area contributed by atoms with Crippen LogP contribution in [-0.2, 0) is 11.3 Å². The number of benzene rings is 1. The van der Waals surface area contributed by atoms with Gasteiger partial charge in [-0.25, -0.2) is 4.98 Å². The lowest BCUT2D eigenvalue weighted by Crippen LogP contribution is -2.15. The van der Waals surface area contributed by atoms with E-state index < -0.39 is 0 Å². The van der Waals surface area contributed by atoms with Crippen LogP contribution >= 0.6 is 0 Å². The first-order valence-corrected chi connectivity index (χ1v) is 9.04. The average molecular weight is 334 g/mol. The molecule has 0 bridgehead atoms. The van der Waals surface area contributed by atoms with Crippen LogP contribution in [0.2, 0.25) is 0 Å². The lowest BCUT2D eigenvalue weighted by Gasteiger charge is -2.20. The van der Waals surface area contributed by atoms with Gasteiger partial charge in [0.15, 0.2) is 0 Å². The quantitative estimate of drug-likeness (QED) is 0.707. The topological polar surface area (TPSA) is 60.7 Å². The Morgan fingerprint density at radius 3 is 2.92 bits per heavy atom. The minimum absolute atomic E-state index is 0.438. The van der Waals surface area contributed by atoms with Gasteiger partial charge in [0.1, 0.15) is 5.78 Å². The van der Waals surface area contributed by atoms with E-state index in [0.717, 1.165) is 60.9 Å². The molecule has 25 heavy (non-hydrogen) atoms. The predicted octanol–water partition coefficient (Wildman–Crippen LogP) is 4.03. The van der Waals surface area contributed by atoms with E-state index in [2.05, 4.69) is 15.1 Å². The number of aromatic nitrogens is 4. The second kappa shape index (κ2) is 7.13. The first-order valence-electron chi connectivity index (χ1n) is 9.04. The van der Waals surface area contributed by atoms with Crippen LogP contribution in [0.4, 0.5) is 0 Å². The van der Waals surface area contributed by atoms with E-state index >= 15 is 0 Å². The van der Waals surface area contributed by atoms with E-state index in [9.17, 15) is 4.79 Å². The molecule has 0 saturated heterocycles. The minimum atomic E-state index is 0.438. The lowest BCUT2D eigenvalue weighted by molar-refractivity contribution is -0.121. The highest BCUT2D eigenvalue weighted by Crippen LogP contribution is 2.25. The summed E-state index contributed by atoms with van der Waals surface area (Å²) in [5, 5.41) is 4.45. The summed E-state index contributed by atoms with van der Waals surface area (Å²) in [6, 6.07) is 7.88. The monoisotopic (exact) mass is 334 g/mol. The van der Waals surface area contributed by atoms with Gasteiger partial charge in [-0.1, -0.05) is 12.1 Å². The van der Waals surface area contributed by atoms with E-state index in [1.54, 1.807) is 6.20 Å². The van der Waals surface area contributed by atoms with Crippen molar-refractivity contribution in [2.24, 2.45) is 5.92 Å². The van der Waals surface area contributed by atoms with Gasteiger partial charge in [0.2, 0.25) is 0 Å². The molecule has 0 radical (unpaired) electrons. The Morgan fingerprint density at radius 1 is 1.16 bits per heavy atom. The Kier molecular flexibility index (Phi) is 4.55. The van der Waals surface area contributed by atoms with Crippen molar-refractivity contribution in [3.8, 4) is 11.3 Å². The number of rotatable bonds is 5. The van der Waals surface area contributed by atoms with Crippen molar-refractivity contribution in [3.05, 3.63) is 42.9 Å². The first kappa shape index (κ1) is 15.9. The van der Waals surface area contributed by atoms with Crippen LogP contribution in [0.5, 0.6) is 0 Å². The zero-order valence-corrected chi connectivity index (χ0v) is 14.3. The maximum atomic E-state index is 11.5. The van der Waals surface area contributed by atoms with Gasteiger partial charge >= 0.3 is 0 Å². The molecule has 1 saturated carbocycles. The molecule has 1 unspecified atom stereocenters. The highest BCUT2D eigenvalue weighted by atomic mass is 16.1. The van der Waals surface area contributed by atoms with Crippen LogP contribution in [-0.4, -0.2) is 25.5 Å². The van der Waals surface area contributed by atoms with Crippen molar-refractivity contribution in [2.75, 3.05) is 0 Å². The van der Waals surface area contributed by atoms with E-state index in [4.69, 9.17) is 0 Å². The summed E-state index contributed by atoms with van der Waals surface area (Å²) in [5.74, 6) is 1.01. The van der Waals surface area contributed by atoms with Crippen molar-refractivity contribution in [1.29, 1.82) is 0 Å². The average Bonchev–Trinajstić information content (AvgIpc) is 3.10. The number of fused-ring (bicyclic) bond motifs is 1. The Hall–Kier alpha value is -2.56. The Bertz CT molecular complexity index is 886. The standard InChI is InChI=1S/C20H22N4O/c25-17-7-3-5-15(11-17)6-4-10-24-14-16(12-22-24)20-13-21-18-8-1-2-9-19(18)23-20/h1-2,8-9,12-15H,3-7,10-11H2. The maximum Gasteiger partial charge on any atom is 0.133 e. The summed E-state index contributed by atoms with van der Waals surface area (Å²) in [6.07, 6.45) is 11.7. The van der Waals surface area contributed by atoms with Crippen LogP contribution in [0.1, 0.15) is 38.5 Å². The first-order chi connectivity index (χ1) is 12.3. The third-order valence-corrected chi connectivity index (χ3v) is 4.96. The van der Waals surface area contributed by atoms with E-state index in [1.165, 1.54) is 6.42 Å². The summed E-state index contributed by atoms with van der Waals surface area (Å²) < 4.78 is 1.97. The molecule has 1 atom stereocenters. The fourth-order valence-electron chi connectivity index (χ4n) is 3.62. The van der Waals surface area contributed by atoms with Crippen LogP contribution in [0.3, 0.4) is 0 Å². The fraction of sp³-hybridized carbons (Fsp3) is 0.400. The number of para-hydroxylation sites is 2.